The normalized spacial score (nSPS) is 17.9. The van der Waals surface area contributed by atoms with Gasteiger partial charge < -0.3 is 25.0 Å². The molecule has 34 heavy (non-hydrogen) atoms. The van der Waals surface area contributed by atoms with E-state index in [9.17, 15) is 24.9 Å². The third-order valence-electron chi connectivity index (χ3n) is 5.71. The topological polar surface area (TPSA) is 123 Å². The number of carbonyl (C=O) groups excluding carboxylic acids is 2. The molecule has 3 N–H and O–H groups in total. The maximum atomic E-state index is 13.1. The second kappa shape index (κ2) is 12.6. The van der Waals surface area contributed by atoms with Gasteiger partial charge in [-0.25, -0.2) is 4.79 Å². The number of ether oxygens (including phenoxy) is 1. The molecule has 1 saturated heterocycles. The Morgan fingerprint density at radius 3 is 2.53 bits per heavy atom. The quantitative estimate of drug-likeness (QED) is 0.321. The van der Waals surface area contributed by atoms with Crippen molar-refractivity contribution < 1.29 is 24.4 Å². The van der Waals surface area contributed by atoms with Crippen LogP contribution in [0, 0.1) is 23.7 Å². The zero-order chi connectivity index (χ0) is 25.3. The number of alkyl carbamates (subject to hydrolysis) is 1. The molecule has 0 radical (unpaired) electrons. The predicted molar refractivity (Wildman–Crippen MR) is 130 cm³/mol. The second-order valence-electron chi connectivity index (χ2n) is 9.99. The van der Waals surface area contributed by atoms with E-state index in [1.54, 1.807) is 11.0 Å². The van der Waals surface area contributed by atoms with Crippen LogP contribution in [0.1, 0.15) is 57.6 Å². The lowest BCUT2D eigenvalue weighted by molar-refractivity contribution is -0.129. The lowest BCUT2D eigenvalue weighted by Gasteiger charge is -2.30. The van der Waals surface area contributed by atoms with E-state index in [2.05, 4.69) is 5.32 Å². The van der Waals surface area contributed by atoms with Gasteiger partial charge in [-0.15, -0.1) is 0 Å². The Kier molecular flexibility index (Phi) is 10.1. The highest BCUT2D eigenvalue weighted by atomic mass is 16.5. The van der Waals surface area contributed by atoms with E-state index < -0.39 is 19.2 Å². The van der Waals surface area contributed by atoms with Crippen LogP contribution >= 0.6 is 0 Å². The molecule has 1 aromatic carbocycles. The molecule has 0 bridgehead atoms. The summed E-state index contributed by atoms with van der Waals surface area (Å²) in [6.45, 7) is 8.18. The number of hydrogen-bond acceptors (Lipinski definition) is 6. The number of allylic oxidation sites excluding steroid dienone is 1. The molecule has 2 rings (SSSR count). The van der Waals surface area contributed by atoms with Gasteiger partial charge in [-0.3, -0.25) is 4.79 Å². The molecule has 8 nitrogen and oxygen atoms in total. The molecule has 2 atom stereocenters. The van der Waals surface area contributed by atoms with Crippen LogP contribution in [0.15, 0.2) is 35.9 Å². The van der Waals surface area contributed by atoms with Crippen LogP contribution < -0.4 is 5.32 Å². The molecule has 1 heterocycles. The van der Waals surface area contributed by atoms with Crippen LogP contribution in [0.25, 0.3) is 0 Å². The maximum Gasteiger partial charge on any atom is 0.475 e. The van der Waals surface area contributed by atoms with Crippen LogP contribution in [0.2, 0.25) is 0 Å². The second-order valence-corrected chi connectivity index (χ2v) is 9.99. The molecule has 1 aliphatic rings. The van der Waals surface area contributed by atoms with Crippen molar-refractivity contribution in [1.82, 2.24) is 10.2 Å². The van der Waals surface area contributed by atoms with Gasteiger partial charge in [0.05, 0.1) is 12.0 Å². The van der Waals surface area contributed by atoms with Crippen LogP contribution in [0.3, 0.4) is 0 Å². The minimum atomic E-state index is -1.76. The Morgan fingerprint density at radius 2 is 1.94 bits per heavy atom. The van der Waals surface area contributed by atoms with Gasteiger partial charge in [-0.05, 0) is 37.2 Å². The van der Waals surface area contributed by atoms with Gasteiger partial charge in [0, 0.05) is 6.54 Å². The first-order valence-corrected chi connectivity index (χ1v) is 11.8. The van der Waals surface area contributed by atoms with Crippen molar-refractivity contribution in [2.45, 2.75) is 71.8 Å². The molecule has 1 aromatic rings. The lowest BCUT2D eigenvalue weighted by atomic mass is 9.76. The summed E-state index contributed by atoms with van der Waals surface area (Å²) >= 11 is 0. The molecule has 0 aromatic heterocycles. The Balaban J connectivity index is 2.04. The summed E-state index contributed by atoms with van der Waals surface area (Å²) in [5.74, 6) is -1.29. The average molecular weight is 469 g/mol. The summed E-state index contributed by atoms with van der Waals surface area (Å²) in [5.41, 5.74) is 1.69. The number of carbonyl (C=O) groups is 2. The van der Waals surface area contributed by atoms with Gasteiger partial charge >= 0.3 is 13.2 Å². The van der Waals surface area contributed by atoms with Crippen LogP contribution in [0.4, 0.5) is 4.79 Å². The van der Waals surface area contributed by atoms with E-state index in [4.69, 9.17) is 4.74 Å². The number of likely N-dealkylation sites (tertiary alicyclic amines) is 1. The van der Waals surface area contributed by atoms with Crippen molar-refractivity contribution >= 4 is 19.1 Å². The van der Waals surface area contributed by atoms with Gasteiger partial charge in [-0.1, -0.05) is 69.5 Å². The summed E-state index contributed by atoms with van der Waals surface area (Å²) in [6, 6.07) is 9.22. The number of nitrogens with zero attached hydrogens (tertiary/aromatic N) is 2. The van der Waals surface area contributed by atoms with Crippen LogP contribution in [0.5, 0.6) is 0 Å². The number of benzene rings is 1. The van der Waals surface area contributed by atoms with Crippen molar-refractivity contribution in [2.24, 2.45) is 5.41 Å². The van der Waals surface area contributed by atoms with Crippen molar-refractivity contribution in [2.75, 3.05) is 13.2 Å². The summed E-state index contributed by atoms with van der Waals surface area (Å²) in [4.78, 5) is 27.2. The first kappa shape index (κ1) is 27.4. The smallest absolute Gasteiger partial charge is 0.447 e. The van der Waals surface area contributed by atoms with Gasteiger partial charge in [0.2, 0.25) is 0 Å². The molecular formula is C25H36BN3O5. The van der Waals surface area contributed by atoms with Crippen molar-refractivity contribution in [3.8, 4) is 6.07 Å². The number of hydrogen-bond donors (Lipinski definition) is 3. The molecule has 184 valence electrons. The third-order valence-corrected chi connectivity index (χ3v) is 5.71. The molecule has 2 amide bonds. The fourth-order valence-electron chi connectivity index (χ4n) is 3.92. The van der Waals surface area contributed by atoms with E-state index in [1.165, 1.54) is 0 Å². The van der Waals surface area contributed by atoms with E-state index in [0.717, 1.165) is 30.4 Å². The lowest BCUT2D eigenvalue weighted by Crippen LogP contribution is -2.49. The van der Waals surface area contributed by atoms with Gasteiger partial charge in [-0.2, -0.15) is 5.26 Å². The Morgan fingerprint density at radius 1 is 1.26 bits per heavy atom. The molecular weight excluding hydrogens is 433 g/mol. The number of amides is 2. The molecule has 9 heteroatoms. The molecule has 1 fully saturated rings. The largest absolute Gasteiger partial charge is 0.475 e. The number of aryl methyl sites for hydroxylation is 1. The van der Waals surface area contributed by atoms with Crippen molar-refractivity contribution in [1.29, 1.82) is 5.26 Å². The zero-order valence-corrected chi connectivity index (χ0v) is 20.6. The Hall–Kier alpha value is -2.83. The molecule has 0 aliphatic carbocycles. The van der Waals surface area contributed by atoms with Crippen molar-refractivity contribution in [3.05, 3.63) is 47.0 Å². The van der Waals surface area contributed by atoms with E-state index >= 15 is 0 Å². The fraction of sp³-hybridized carbons (Fsp3) is 0.560. The molecule has 0 unspecified atom stereocenters. The Labute approximate surface area is 202 Å². The van der Waals surface area contributed by atoms with E-state index in [0.29, 0.717) is 13.0 Å². The molecule has 0 saturated carbocycles. The highest BCUT2D eigenvalue weighted by molar-refractivity contribution is 6.43. The average Bonchev–Trinajstić information content (AvgIpc) is 3.01. The summed E-state index contributed by atoms with van der Waals surface area (Å²) < 4.78 is 5.40. The first-order valence-electron chi connectivity index (χ1n) is 11.8. The zero-order valence-electron chi connectivity index (χ0n) is 20.6. The minimum absolute atomic E-state index is 0.0371. The van der Waals surface area contributed by atoms with Gasteiger partial charge in [0.1, 0.15) is 18.2 Å². The van der Waals surface area contributed by atoms with E-state index in [1.807, 2.05) is 58.0 Å². The van der Waals surface area contributed by atoms with Crippen molar-refractivity contribution in [3.63, 3.8) is 0 Å². The monoisotopic (exact) mass is 469 g/mol. The molecule has 1 aliphatic heterocycles. The molecule has 0 spiro atoms. The number of nitriles is 1. The SMILES string of the molecule is Cc1ccc(C[C@H](NC(=O)OC[C@@H]2CCCCCN2C(=O)C(C#N)=CC(C)(C)C)B(O)O)cc1. The number of rotatable bonds is 7. The summed E-state index contributed by atoms with van der Waals surface area (Å²) in [6.07, 6.45) is 4.42. The number of nitrogens with one attached hydrogen (secondary N) is 1. The summed E-state index contributed by atoms with van der Waals surface area (Å²) in [5, 5.41) is 31.5. The van der Waals surface area contributed by atoms with Crippen LogP contribution in [-0.2, 0) is 16.0 Å². The highest BCUT2D eigenvalue weighted by Crippen LogP contribution is 2.23. The maximum absolute atomic E-state index is 13.1. The van der Waals surface area contributed by atoms with E-state index in [-0.39, 0.29) is 36.0 Å². The predicted octanol–water partition coefficient (Wildman–Crippen LogP) is 2.91. The van der Waals surface area contributed by atoms with Crippen LogP contribution in [-0.4, -0.2) is 59.2 Å². The Bertz CT molecular complexity index is 903. The standard InChI is InChI=1S/C25H36BN3O5/c1-18-9-11-19(12-10-18)14-22(26(32)33)28-24(31)34-17-21-8-6-5-7-13-29(21)23(30)20(16-27)15-25(2,3)4/h9-12,15,21-22,32-33H,5-8,13-14,17H2,1-4H3,(H,28,31)/t21-,22-/m0/s1. The highest BCUT2D eigenvalue weighted by Gasteiger charge is 2.31. The minimum Gasteiger partial charge on any atom is -0.447 e. The first-order chi connectivity index (χ1) is 16.0. The third kappa shape index (κ3) is 8.84. The fourth-order valence-corrected chi connectivity index (χ4v) is 3.92. The van der Waals surface area contributed by atoms with Gasteiger partial charge in [0.25, 0.3) is 5.91 Å². The summed E-state index contributed by atoms with van der Waals surface area (Å²) in [7, 11) is -1.76. The van der Waals surface area contributed by atoms with Gasteiger partial charge in [0.15, 0.2) is 0 Å².